The molecule has 0 fully saturated rings. The number of carbonyl (C=O) groups is 1. The Morgan fingerprint density at radius 2 is 2.17 bits per heavy atom. The Kier molecular flexibility index (Phi) is 5.09. The first-order valence-electron chi connectivity index (χ1n) is 5.85. The third-order valence-electron chi connectivity index (χ3n) is 2.70. The van der Waals surface area contributed by atoms with E-state index in [4.69, 9.17) is 9.47 Å². The second kappa shape index (κ2) is 6.35. The quantitative estimate of drug-likeness (QED) is 0.798. The number of aryl methyl sites for hydroxylation is 1. The van der Waals surface area contributed by atoms with Gasteiger partial charge in [0.25, 0.3) is 0 Å². The first-order valence-corrected chi connectivity index (χ1v) is 5.85. The molecule has 0 aromatic carbocycles. The lowest BCUT2D eigenvalue weighted by molar-refractivity contribution is -0.152. The van der Waals surface area contributed by atoms with Gasteiger partial charge in [0.1, 0.15) is 5.75 Å². The van der Waals surface area contributed by atoms with Crippen molar-refractivity contribution in [3.63, 3.8) is 0 Å². The SMILES string of the molecule is CCOC(=O)C(O)Cc1ncc(C)c(OC)c1C. The molecule has 0 spiro atoms. The van der Waals surface area contributed by atoms with Gasteiger partial charge in [0.15, 0.2) is 6.10 Å². The molecule has 18 heavy (non-hydrogen) atoms. The van der Waals surface area contributed by atoms with Crippen LogP contribution in [0.2, 0.25) is 0 Å². The Labute approximate surface area is 107 Å². The number of aliphatic hydroxyl groups is 1. The van der Waals surface area contributed by atoms with Gasteiger partial charge >= 0.3 is 5.97 Å². The molecule has 1 aromatic rings. The van der Waals surface area contributed by atoms with Crippen LogP contribution in [-0.2, 0) is 16.0 Å². The molecule has 1 aromatic heterocycles. The van der Waals surface area contributed by atoms with Gasteiger partial charge in [-0.25, -0.2) is 4.79 Å². The summed E-state index contributed by atoms with van der Waals surface area (Å²) < 4.78 is 10.0. The molecular weight excluding hydrogens is 234 g/mol. The van der Waals surface area contributed by atoms with E-state index in [0.717, 1.165) is 16.9 Å². The molecule has 5 heteroatoms. The minimum Gasteiger partial charge on any atom is -0.496 e. The molecule has 0 amide bonds. The summed E-state index contributed by atoms with van der Waals surface area (Å²) >= 11 is 0. The molecule has 0 saturated carbocycles. The van der Waals surface area contributed by atoms with Crippen LogP contribution in [0.5, 0.6) is 5.75 Å². The van der Waals surface area contributed by atoms with Crippen LogP contribution in [-0.4, -0.2) is 35.9 Å². The molecule has 5 nitrogen and oxygen atoms in total. The normalized spacial score (nSPS) is 12.1. The third kappa shape index (κ3) is 3.20. The zero-order chi connectivity index (χ0) is 13.7. The van der Waals surface area contributed by atoms with Crippen molar-refractivity contribution in [2.45, 2.75) is 33.3 Å². The fraction of sp³-hybridized carbons (Fsp3) is 0.538. The van der Waals surface area contributed by atoms with E-state index in [-0.39, 0.29) is 13.0 Å². The largest absolute Gasteiger partial charge is 0.496 e. The highest BCUT2D eigenvalue weighted by molar-refractivity contribution is 5.74. The Hall–Kier alpha value is -1.62. The molecule has 0 aliphatic heterocycles. The molecule has 1 unspecified atom stereocenters. The summed E-state index contributed by atoms with van der Waals surface area (Å²) in [5.41, 5.74) is 2.39. The second-order valence-corrected chi connectivity index (χ2v) is 4.02. The predicted molar refractivity (Wildman–Crippen MR) is 66.6 cm³/mol. The summed E-state index contributed by atoms with van der Waals surface area (Å²) in [6.45, 7) is 5.69. The number of ether oxygens (including phenoxy) is 2. The van der Waals surface area contributed by atoms with Crippen molar-refractivity contribution < 1.29 is 19.4 Å². The van der Waals surface area contributed by atoms with Crippen LogP contribution in [0.15, 0.2) is 6.20 Å². The number of esters is 1. The number of carbonyl (C=O) groups excluding carboxylic acids is 1. The molecule has 0 radical (unpaired) electrons. The molecule has 1 rings (SSSR count). The number of aliphatic hydroxyl groups excluding tert-OH is 1. The van der Waals surface area contributed by atoms with E-state index in [0.29, 0.717) is 5.69 Å². The molecule has 0 saturated heterocycles. The predicted octanol–water partition coefficient (Wildman–Crippen LogP) is 1.17. The first kappa shape index (κ1) is 14.4. The van der Waals surface area contributed by atoms with Gasteiger partial charge < -0.3 is 14.6 Å². The van der Waals surface area contributed by atoms with Gasteiger partial charge in [0, 0.05) is 23.7 Å². The summed E-state index contributed by atoms with van der Waals surface area (Å²) in [6.07, 6.45) is 0.601. The smallest absolute Gasteiger partial charge is 0.335 e. The van der Waals surface area contributed by atoms with Crippen molar-refractivity contribution >= 4 is 5.97 Å². The van der Waals surface area contributed by atoms with Crippen molar-refractivity contribution in [2.24, 2.45) is 0 Å². The maximum atomic E-state index is 11.3. The van der Waals surface area contributed by atoms with Gasteiger partial charge in [-0.05, 0) is 20.8 Å². The van der Waals surface area contributed by atoms with Crippen LogP contribution in [0.3, 0.4) is 0 Å². The standard InChI is InChI=1S/C13H19NO4/c1-5-18-13(16)11(15)6-10-9(3)12(17-4)8(2)7-14-10/h7,11,15H,5-6H2,1-4H3. The van der Waals surface area contributed by atoms with Crippen LogP contribution in [0, 0.1) is 13.8 Å². The Morgan fingerprint density at radius 1 is 1.50 bits per heavy atom. The molecule has 1 N–H and O–H groups in total. The minimum atomic E-state index is -1.19. The van der Waals surface area contributed by atoms with Gasteiger partial charge in [-0.1, -0.05) is 0 Å². The maximum Gasteiger partial charge on any atom is 0.335 e. The van der Waals surface area contributed by atoms with E-state index in [9.17, 15) is 9.90 Å². The fourth-order valence-corrected chi connectivity index (χ4v) is 1.78. The van der Waals surface area contributed by atoms with E-state index in [1.54, 1.807) is 20.2 Å². The molecule has 0 aliphatic rings. The number of methoxy groups -OCH3 is 1. The Bertz CT molecular complexity index is 431. The highest BCUT2D eigenvalue weighted by Crippen LogP contribution is 2.24. The number of nitrogens with zero attached hydrogens (tertiary/aromatic N) is 1. The van der Waals surface area contributed by atoms with E-state index >= 15 is 0 Å². The van der Waals surface area contributed by atoms with Gasteiger partial charge in [0.05, 0.1) is 19.4 Å². The topological polar surface area (TPSA) is 68.7 Å². The fourth-order valence-electron chi connectivity index (χ4n) is 1.78. The Balaban J connectivity index is 2.88. The number of pyridine rings is 1. The third-order valence-corrected chi connectivity index (χ3v) is 2.70. The number of aromatic nitrogens is 1. The van der Waals surface area contributed by atoms with Crippen LogP contribution in [0.1, 0.15) is 23.7 Å². The van der Waals surface area contributed by atoms with Gasteiger partial charge in [-0.2, -0.15) is 0 Å². The van der Waals surface area contributed by atoms with Gasteiger partial charge in [0.2, 0.25) is 0 Å². The highest BCUT2D eigenvalue weighted by atomic mass is 16.5. The van der Waals surface area contributed by atoms with Crippen molar-refractivity contribution in [2.75, 3.05) is 13.7 Å². The van der Waals surface area contributed by atoms with Crippen LogP contribution < -0.4 is 4.74 Å². The van der Waals surface area contributed by atoms with Crippen molar-refractivity contribution in [3.05, 3.63) is 23.0 Å². The zero-order valence-corrected chi connectivity index (χ0v) is 11.2. The van der Waals surface area contributed by atoms with Gasteiger partial charge in [-0.3, -0.25) is 4.98 Å². The lowest BCUT2D eigenvalue weighted by Crippen LogP contribution is -2.26. The molecule has 0 bridgehead atoms. The maximum absolute atomic E-state index is 11.3. The molecule has 1 heterocycles. The van der Waals surface area contributed by atoms with E-state index in [1.807, 2.05) is 13.8 Å². The summed E-state index contributed by atoms with van der Waals surface area (Å²) in [5.74, 6) is 0.106. The van der Waals surface area contributed by atoms with E-state index in [1.165, 1.54) is 0 Å². The Morgan fingerprint density at radius 3 is 2.72 bits per heavy atom. The lowest BCUT2D eigenvalue weighted by Gasteiger charge is -2.14. The van der Waals surface area contributed by atoms with E-state index in [2.05, 4.69) is 4.98 Å². The summed E-state index contributed by atoms with van der Waals surface area (Å²) in [5, 5.41) is 9.70. The van der Waals surface area contributed by atoms with Crippen LogP contribution in [0.4, 0.5) is 0 Å². The summed E-state index contributed by atoms with van der Waals surface area (Å²) in [4.78, 5) is 15.6. The summed E-state index contributed by atoms with van der Waals surface area (Å²) in [7, 11) is 1.58. The first-order chi connectivity index (χ1) is 8.51. The van der Waals surface area contributed by atoms with Crippen LogP contribution in [0.25, 0.3) is 0 Å². The zero-order valence-electron chi connectivity index (χ0n) is 11.2. The average molecular weight is 253 g/mol. The van der Waals surface area contributed by atoms with E-state index < -0.39 is 12.1 Å². The molecular formula is C13H19NO4. The minimum absolute atomic E-state index is 0.126. The molecule has 100 valence electrons. The molecule has 0 aliphatic carbocycles. The second-order valence-electron chi connectivity index (χ2n) is 4.02. The summed E-state index contributed by atoms with van der Waals surface area (Å²) in [6, 6.07) is 0. The average Bonchev–Trinajstić information content (AvgIpc) is 2.33. The van der Waals surface area contributed by atoms with Crippen molar-refractivity contribution in [1.29, 1.82) is 0 Å². The van der Waals surface area contributed by atoms with Gasteiger partial charge in [-0.15, -0.1) is 0 Å². The van der Waals surface area contributed by atoms with Crippen molar-refractivity contribution in [3.8, 4) is 5.75 Å². The van der Waals surface area contributed by atoms with Crippen molar-refractivity contribution in [1.82, 2.24) is 4.98 Å². The lowest BCUT2D eigenvalue weighted by atomic mass is 10.1. The number of rotatable bonds is 5. The monoisotopic (exact) mass is 253 g/mol. The highest BCUT2D eigenvalue weighted by Gasteiger charge is 2.20. The molecule has 1 atom stereocenters. The number of hydrogen-bond acceptors (Lipinski definition) is 5. The van der Waals surface area contributed by atoms with Crippen LogP contribution >= 0.6 is 0 Å². The number of hydrogen-bond donors (Lipinski definition) is 1.